The molecule has 1 saturated heterocycles. The summed E-state index contributed by atoms with van der Waals surface area (Å²) in [4.78, 5) is 2.16. The summed E-state index contributed by atoms with van der Waals surface area (Å²) >= 11 is 0. The highest BCUT2D eigenvalue weighted by Gasteiger charge is 2.20. The lowest BCUT2D eigenvalue weighted by Gasteiger charge is -2.24. The summed E-state index contributed by atoms with van der Waals surface area (Å²) < 4.78 is 31.6. The molecule has 6 nitrogen and oxygen atoms in total. The third-order valence-corrected chi connectivity index (χ3v) is 4.91. The van der Waals surface area contributed by atoms with Crippen LogP contribution in [0.4, 0.5) is 11.4 Å². The van der Waals surface area contributed by atoms with Gasteiger partial charge in [-0.25, -0.2) is 13.1 Å². The monoisotopic (exact) mass is 299 g/mol. The molecule has 1 fully saturated rings. The molecule has 20 heavy (non-hydrogen) atoms. The standard InChI is InChI=1S/C13H21N3O3S/c1-15-20(17,18)11-5-6-12(14)13(8-11)16(2)9-10-4-3-7-19-10/h5-6,8,10,15H,3-4,7,9,14H2,1-2H3. The molecule has 1 atom stereocenters. The van der Waals surface area contributed by atoms with Gasteiger partial charge in [0.25, 0.3) is 0 Å². The number of nitrogen functional groups attached to an aromatic ring is 1. The predicted octanol–water partition coefficient (Wildman–Crippen LogP) is 0.792. The molecule has 1 aliphatic heterocycles. The van der Waals surface area contributed by atoms with Crippen molar-refractivity contribution in [1.29, 1.82) is 0 Å². The van der Waals surface area contributed by atoms with Gasteiger partial charge in [-0.1, -0.05) is 0 Å². The predicted molar refractivity (Wildman–Crippen MR) is 79.3 cm³/mol. The van der Waals surface area contributed by atoms with Crippen molar-refractivity contribution < 1.29 is 13.2 Å². The summed E-state index contributed by atoms with van der Waals surface area (Å²) in [5, 5.41) is 0. The number of nitrogens with zero attached hydrogens (tertiary/aromatic N) is 1. The molecule has 0 radical (unpaired) electrons. The van der Waals surface area contributed by atoms with Gasteiger partial charge in [-0.3, -0.25) is 0 Å². The van der Waals surface area contributed by atoms with Crippen molar-refractivity contribution in [3.8, 4) is 0 Å². The summed E-state index contributed by atoms with van der Waals surface area (Å²) in [6.07, 6.45) is 2.28. The van der Waals surface area contributed by atoms with Gasteiger partial charge in [0, 0.05) is 20.2 Å². The van der Waals surface area contributed by atoms with Crippen molar-refractivity contribution in [3.63, 3.8) is 0 Å². The van der Waals surface area contributed by atoms with Crippen molar-refractivity contribution in [2.75, 3.05) is 37.9 Å². The summed E-state index contributed by atoms with van der Waals surface area (Å²) in [5.74, 6) is 0. The van der Waals surface area contributed by atoms with E-state index in [2.05, 4.69) is 4.72 Å². The maximum absolute atomic E-state index is 11.8. The number of nitrogens with two attached hydrogens (primary N) is 1. The van der Waals surface area contributed by atoms with E-state index >= 15 is 0 Å². The molecule has 0 aromatic heterocycles. The molecule has 112 valence electrons. The molecule has 2 rings (SSSR count). The van der Waals surface area contributed by atoms with Gasteiger partial charge in [0.2, 0.25) is 10.0 Å². The minimum atomic E-state index is -3.46. The lowest BCUT2D eigenvalue weighted by Crippen LogP contribution is -2.29. The van der Waals surface area contributed by atoms with Crippen molar-refractivity contribution in [3.05, 3.63) is 18.2 Å². The Hall–Kier alpha value is -1.31. The fourth-order valence-corrected chi connectivity index (χ4v) is 3.08. The maximum atomic E-state index is 11.8. The summed E-state index contributed by atoms with van der Waals surface area (Å²) in [6, 6.07) is 4.71. The van der Waals surface area contributed by atoms with Gasteiger partial charge in [-0.15, -0.1) is 0 Å². The van der Waals surface area contributed by atoms with Crippen LogP contribution in [0.15, 0.2) is 23.1 Å². The number of ether oxygens (including phenoxy) is 1. The van der Waals surface area contributed by atoms with Crippen LogP contribution in [0.3, 0.4) is 0 Å². The van der Waals surface area contributed by atoms with Gasteiger partial charge < -0.3 is 15.4 Å². The fourth-order valence-electron chi connectivity index (χ4n) is 2.33. The van der Waals surface area contributed by atoms with Crippen molar-refractivity contribution >= 4 is 21.4 Å². The zero-order chi connectivity index (χ0) is 14.8. The number of likely N-dealkylation sites (N-methyl/N-ethyl adjacent to an activating group) is 1. The van der Waals surface area contributed by atoms with E-state index in [0.29, 0.717) is 17.9 Å². The highest BCUT2D eigenvalue weighted by molar-refractivity contribution is 7.89. The SMILES string of the molecule is CNS(=O)(=O)c1ccc(N)c(N(C)CC2CCCO2)c1. The number of hydrogen-bond acceptors (Lipinski definition) is 5. The second-order valence-electron chi connectivity index (χ2n) is 4.94. The largest absolute Gasteiger partial charge is 0.397 e. The first-order chi connectivity index (χ1) is 9.44. The highest BCUT2D eigenvalue weighted by atomic mass is 32.2. The van der Waals surface area contributed by atoms with E-state index < -0.39 is 10.0 Å². The lowest BCUT2D eigenvalue weighted by molar-refractivity contribution is 0.116. The molecular weight excluding hydrogens is 278 g/mol. The normalized spacial score (nSPS) is 19.2. The number of rotatable bonds is 5. The Morgan fingerprint density at radius 3 is 2.85 bits per heavy atom. The zero-order valence-electron chi connectivity index (χ0n) is 11.8. The van der Waals surface area contributed by atoms with Crippen LogP contribution in [0.25, 0.3) is 0 Å². The second kappa shape index (κ2) is 5.99. The smallest absolute Gasteiger partial charge is 0.240 e. The molecule has 0 bridgehead atoms. The second-order valence-corrected chi connectivity index (χ2v) is 6.83. The third kappa shape index (κ3) is 3.23. The average molecular weight is 299 g/mol. The van der Waals surface area contributed by atoms with E-state index in [4.69, 9.17) is 10.5 Å². The molecule has 0 amide bonds. The topological polar surface area (TPSA) is 84.7 Å². The Morgan fingerprint density at radius 1 is 1.50 bits per heavy atom. The number of sulfonamides is 1. The van der Waals surface area contributed by atoms with E-state index in [1.807, 2.05) is 11.9 Å². The van der Waals surface area contributed by atoms with E-state index in [1.54, 1.807) is 12.1 Å². The summed E-state index contributed by atoms with van der Waals surface area (Å²) in [5.41, 5.74) is 7.21. The van der Waals surface area contributed by atoms with Crippen LogP contribution in [0, 0.1) is 0 Å². The Kier molecular flexibility index (Phi) is 4.52. The van der Waals surface area contributed by atoms with Crippen LogP contribution in [-0.4, -0.2) is 41.8 Å². The molecule has 1 aromatic carbocycles. The number of hydrogen-bond donors (Lipinski definition) is 2. The van der Waals surface area contributed by atoms with Crippen molar-refractivity contribution in [2.24, 2.45) is 0 Å². The van der Waals surface area contributed by atoms with Gasteiger partial charge in [-0.2, -0.15) is 0 Å². The molecule has 0 saturated carbocycles. The van der Waals surface area contributed by atoms with Crippen LogP contribution in [0.2, 0.25) is 0 Å². The molecule has 1 unspecified atom stereocenters. The Labute approximate surface area is 120 Å². The fraction of sp³-hybridized carbons (Fsp3) is 0.538. The first-order valence-electron chi connectivity index (χ1n) is 6.60. The Bertz CT molecular complexity index is 568. The number of nitrogens with one attached hydrogen (secondary N) is 1. The van der Waals surface area contributed by atoms with Gasteiger partial charge in [0.1, 0.15) is 0 Å². The summed E-state index contributed by atoms with van der Waals surface area (Å²) in [7, 11) is -0.179. The van der Waals surface area contributed by atoms with Gasteiger partial charge in [0.15, 0.2) is 0 Å². The number of benzene rings is 1. The van der Waals surface area contributed by atoms with Crippen LogP contribution in [0.5, 0.6) is 0 Å². The third-order valence-electron chi connectivity index (χ3n) is 3.49. The highest BCUT2D eigenvalue weighted by Crippen LogP contribution is 2.27. The van der Waals surface area contributed by atoms with E-state index in [9.17, 15) is 8.42 Å². The first-order valence-corrected chi connectivity index (χ1v) is 8.08. The molecular formula is C13H21N3O3S. The van der Waals surface area contributed by atoms with Gasteiger partial charge in [0.05, 0.1) is 22.4 Å². The van der Waals surface area contributed by atoms with Crippen LogP contribution in [0.1, 0.15) is 12.8 Å². The molecule has 1 aliphatic rings. The van der Waals surface area contributed by atoms with Crippen molar-refractivity contribution in [1.82, 2.24) is 4.72 Å². The van der Waals surface area contributed by atoms with E-state index in [1.165, 1.54) is 13.1 Å². The molecule has 0 spiro atoms. The van der Waals surface area contributed by atoms with Crippen LogP contribution in [-0.2, 0) is 14.8 Å². The van der Waals surface area contributed by atoms with Crippen LogP contribution >= 0.6 is 0 Å². The minimum absolute atomic E-state index is 0.184. The maximum Gasteiger partial charge on any atom is 0.240 e. The molecule has 7 heteroatoms. The van der Waals surface area contributed by atoms with E-state index in [-0.39, 0.29) is 11.0 Å². The molecule has 1 heterocycles. The lowest BCUT2D eigenvalue weighted by atomic mass is 10.2. The number of anilines is 2. The molecule has 0 aliphatic carbocycles. The van der Waals surface area contributed by atoms with Gasteiger partial charge >= 0.3 is 0 Å². The summed E-state index contributed by atoms with van der Waals surface area (Å²) in [6.45, 7) is 1.50. The first kappa shape index (κ1) is 15.1. The van der Waals surface area contributed by atoms with E-state index in [0.717, 1.165) is 19.4 Å². The minimum Gasteiger partial charge on any atom is -0.397 e. The average Bonchev–Trinajstić information content (AvgIpc) is 2.91. The quantitative estimate of drug-likeness (QED) is 0.785. The van der Waals surface area contributed by atoms with Gasteiger partial charge in [-0.05, 0) is 38.1 Å². The Morgan fingerprint density at radius 2 is 2.25 bits per heavy atom. The Balaban J connectivity index is 2.23. The molecule has 1 aromatic rings. The molecule has 3 N–H and O–H groups in total. The van der Waals surface area contributed by atoms with Crippen molar-refractivity contribution in [2.45, 2.75) is 23.8 Å². The van der Waals surface area contributed by atoms with Crippen LogP contribution < -0.4 is 15.4 Å². The zero-order valence-corrected chi connectivity index (χ0v) is 12.6.